The molecule has 2 aromatic rings. The van der Waals surface area contributed by atoms with Gasteiger partial charge in [0.05, 0.1) is 7.11 Å². The number of hydrogen-bond donors (Lipinski definition) is 1. The van der Waals surface area contributed by atoms with E-state index in [9.17, 15) is 0 Å². The summed E-state index contributed by atoms with van der Waals surface area (Å²) in [5.41, 5.74) is 1.34. The molecule has 3 rings (SSSR count). The lowest BCUT2D eigenvalue weighted by molar-refractivity contribution is 0.387. The molecule has 134 valence electrons. The minimum atomic E-state index is 0.420. The Bertz CT molecular complexity index is 711. The lowest BCUT2D eigenvalue weighted by atomic mass is 9.98. The largest absolute Gasteiger partial charge is 0.497 e. The van der Waals surface area contributed by atoms with Crippen LogP contribution in [0.1, 0.15) is 36.5 Å². The zero-order valence-corrected chi connectivity index (χ0v) is 15.0. The van der Waals surface area contributed by atoms with Gasteiger partial charge in [-0.2, -0.15) is 4.98 Å². The van der Waals surface area contributed by atoms with Crippen LogP contribution in [0.15, 0.2) is 33.8 Å². The van der Waals surface area contributed by atoms with Crippen LogP contribution < -0.4 is 10.1 Å². The molecule has 1 atom stereocenters. The fourth-order valence-corrected chi connectivity index (χ4v) is 3.08. The maximum absolute atomic E-state index is 5.24. The Morgan fingerprint density at radius 2 is 2.20 bits per heavy atom. The van der Waals surface area contributed by atoms with Crippen LogP contribution in [0.2, 0.25) is 0 Å². The van der Waals surface area contributed by atoms with Gasteiger partial charge in [-0.25, -0.2) is 4.99 Å². The Balaban J connectivity index is 1.66. The number of nitrogens with one attached hydrogen (secondary N) is 1. The van der Waals surface area contributed by atoms with Crippen LogP contribution in [-0.4, -0.2) is 47.7 Å². The van der Waals surface area contributed by atoms with E-state index >= 15 is 0 Å². The van der Waals surface area contributed by atoms with E-state index < -0.39 is 0 Å². The Labute approximate surface area is 148 Å². The van der Waals surface area contributed by atoms with Crippen molar-refractivity contribution < 1.29 is 9.26 Å². The number of ether oxygens (including phenoxy) is 1. The van der Waals surface area contributed by atoms with Gasteiger partial charge < -0.3 is 19.5 Å². The normalized spacial score (nSPS) is 17.8. The van der Waals surface area contributed by atoms with Gasteiger partial charge in [0.25, 0.3) is 0 Å². The first-order chi connectivity index (χ1) is 12.2. The standard InChI is InChI=1S/C18H25N5O2/c1-4-19-18(20-11-17-21-13(2)25-22-17)23-10-9-15(12-23)14-5-7-16(24-3)8-6-14/h5-8,15H,4,9-12H2,1-3H3,(H,19,20)/t15-/m0/s1. The molecule has 0 spiro atoms. The number of nitrogens with zero attached hydrogens (tertiary/aromatic N) is 4. The molecule has 25 heavy (non-hydrogen) atoms. The zero-order valence-electron chi connectivity index (χ0n) is 15.0. The molecular weight excluding hydrogens is 318 g/mol. The predicted molar refractivity (Wildman–Crippen MR) is 95.8 cm³/mol. The number of aromatic nitrogens is 2. The first-order valence-electron chi connectivity index (χ1n) is 8.66. The molecule has 0 amide bonds. The number of aliphatic imine (C=N–C) groups is 1. The SMILES string of the molecule is CCNC(=NCc1noc(C)n1)N1CC[C@H](c2ccc(OC)cc2)C1. The molecule has 7 heteroatoms. The average molecular weight is 343 g/mol. The second kappa shape index (κ2) is 8.00. The van der Waals surface area contributed by atoms with Gasteiger partial charge in [0, 0.05) is 32.5 Å². The van der Waals surface area contributed by atoms with Crippen molar-refractivity contribution in [2.45, 2.75) is 32.7 Å². The summed E-state index contributed by atoms with van der Waals surface area (Å²) in [4.78, 5) is 11.2. The molecule has 0 radical (unpaired) electrons. The van der Waals surface area contributed by atoms with E-state index in [-0.39, 0.29) is 0 Å². The first-order valence-corrected chi connectivity index (χ1v) is 8.66. The quantitative estimate of drug-likeness (QED) is 0.663. The van der Waals surface area contributed by atoms with Gasteiger partial charge in [-0.1, -0.05) is 17.3 Å². The van der Waals surface area contributed by atoms with E-state index in [0.29, 0.717) is 24.2 Å². The van der Waals surface area contributed by atoms with Gasteiger partial charge >= 0.3 is 0 Å². The second-order valence-corrected chi connectivity index (χ2v) is 6.10. The maximum Gasteiger partial charge on any atom is 0.223 e. The minimum absolute atomic E-state index is 0.420. The molecule has 0 unspecified atom stereocenters. The molecule has 7 nitrogen and oxygen atoms in total. The van der Waals surface area contributed by atoms with Gasteiger partial charge in [-0.3, -0.25) is 0 Å². The number of guanidine groups is 1. The molecule has 1 aromatic carbocycles. The molecule has 1 aliphatic rings. The average Bonchev–Trinajstić information content (AvgIpc) is 3.28. The fourth-order valence-electron chi connectivity index (χ4n) is 3.08. The fraction of sp³-hybridized carbons (Fsp3) is 0.500. The molecule has 0 saturated carbocycles. The van der Waals surface area contributed by atoms with Crippen molar-refractivity contribution in [3.8, 4) is 5.75 Å². The van der Waals surface area contributed by atoms with Crippen molar-refractivity contribution >= 4 is 5.96 Å². The Kier molecular flexibility index (Phi) is 5.53. The number of hydrogen-bond acceptors (Lipinski definition) is 5. The Morgan fingerprint density at radius 3 is 2.84 bits per heavy atom. The molecular formula is C18H25N5O2. The van der Waals surface area contributed by atoms with Gasteiger partial charge in [0.2, 0.25) is 5.89 Å². The van der Waals surface area contributed by atoms with Crippen molar-refractivity contribution in [1.82, 2.24) is 20.4 Å². The zero-order chi connectivity index (χ0) is 17.6. The maximum atomic E-state index is 5.24. The highest BCUT2D eigenvalue weighted by Gasteiger charge is 2.26. The molecule has 0 bridgehead atoms. The highest BCUT2D eigenvalue weighted by molar-refractivity contribution is 5.80. The molecule has 1 saturated heterocycles. The summed E-state index contributed by atoms with van der Waals surface area (Å²) >= 11 is 0. The van der Waals surface area contributed by atoms with Crippen LogP contribution in [0.3, 0.4) is 0 Å². The Morgan fingerprint density at radius 1 is 1.40 bits per heavy atom. The lowest BCUT2D eigenvalue weighted by Crippen LogP contribution is -2.40. The topological polar surface area (TPSA) is 75.8 Å². The van der Waals surface area contributed by atoms with Crippen molar-refractivity contribution in [3.05, 3.63) is 41.5 Å². The van der Waals surface area contributed by atoms with E-state index in [1.807, 2.05) is 12.1 Å². The molecule has 0 aliphatic carbocycles. The van der Waals surface area contributed by atoms with E-state index in [4.69, 9.17) is 9.26 Å². The summed E-state index contributed by atoms with van der Waals surface area (Å²) in [6, 6.07) is 8.35. The summed E-state index contributed by atoms with van der Waals surface area (Å²) in [6.07, 6.45) is 1.11. The van der Waals surface area contributed by atoms with Crippen molar-refractivity contribution in [1.29, 1.82) is 0 Å². The van der Waals surface area contributed by atoms with Gasteiger partial charge in [0.15, 0.2) is 11.8 Å². The molecule has 2 heterocycles. The van der Waals surface area contributed by atoms with Crippen molar-refractivity contribution in [2.24, 2.45) is 4.99 Å². The molecule has 1 aromatic heterocycles. The summed E-state index contributed by atoms with van der Waals surface area (Å²) in [5.74, 6) is 3.47. The van der Waals surface area contributed by atoms with Crippen LogP contribution in [0.4, 0.5) is 0 Å². The minimum Gasteiger partial charge on any atom is -0.497 e. The smallest absolute Gasteiger partial charge is 0.223 e. The number of likely N-dealkylation sites (tertiary alicyclic amines) is 1. The predicted octanol–water partition coefficient (Wildman–Crippen LogP) is 2.34. The van der Waals surface area contributed by atoms with Crippen LogP contribution in [0, 0.1) is 6.92 Å². The molecule has 1 N–H and O–H groups in total. The van der Waals surface area contributed by atoms with Crippen molar-refractivity contribution in [2.75, 3.05) is 26.7 Å². The van der Waals surface area contributed by atoms with E-state index in [1.165, 1.54) is 5.56 Å². The van der Waals surface area contributed by atoms with Gasteiger partial charge in [0.1, 0.15) is 12.3 Å². The van der Waals surface area contributed by atoms with E-state index in [2.05, 4.69) is 44.4 Å². The third-order valence-electron chi connectivity index (χ3n) is 4.35. The van der Waals surface area contributed by atoms with Crippen LogP contribution in [-0.2, 0) is 6.54 Å². The number of aryl methyl sites for hydroxylation is 1. The number of benzene rings is 1. The third kappa shape index (κ3) is 4.29. The number of rotatable bonds is 5. The summed E-state index contributed by atoms with van der Waals surface area (Å²) in [6.45, 7) is 7.03. The molecule has 1 aliphatic heterocycles. The van der Waals surface area contributed by atoms with E-state index in [0.717, 1.165) is 37.8 Å². The summed E-state index contributed by atoms with van der Waals surface area (Å²) in [7, 11) is 1.69. The van der Waals surface area contributed by atoms with Crippen LogP contribution in [0.5, 0.6) is 5.75 Å². The summed E-state index contributed by atoms with van der Waals surface area (Å²) in [5, 5.41) is 7.26. The second-order valence-electron chi connectivity index (χ2n) is 6.10. The Hall–Kier alpha value is -2.57. The van der Waals surface area contributed by atoms with Crippen molar-refractivity contribution in [3.63, 3.8) is 0 Å². The third-order valence-corrected chi connectivity index (χ3v) is 4.35. The highest BCUT2D eigenvalue weighted by Crippen LogP contribution is 2.28. The lowest BCUT2D eigenvalue weighted by Gasteiger charge is -2.21. The summed E-state index contributed by atoms with van der Waals surface area (Å²) < 4.78 is 10.2. The highest BCUT2D eigenvalue weighted by atomic mass is 16.5. The van der Waals surface area contributed by atoms with Crippen LogP contribution >= 0.6 is 0 Å². The first kappa shape index (κ1) is 17.3. The number of methoxy groups -OCH3 is 1. The molecule has 1 fully saturated rings. The van der Waals surface area contributed by atoms with E-state index in [1.54, 1.807) is 14.0 Å². The van der Waals surface area contributed by atoms with Gasteiger partial charge in [-0.15, -0.1) is 0 Å². The van der Waals surface area contributed by atoms with Gasteiger partial charge in [-0.05, 0) is 31.0 Å². The van der Waals surface area contributed by atoms with Crippen LogP contribution in [0.25, 0.3) is 0 Å². The monoisotopic (exact) mass is 343 g/mol.